The number of Topliss-reactive ketones (excluding diaryl/α,β-unsaturated/α-hetero) is 1. The summed E-state index contributed by atoms with van der Waals surface area (Å²) in [5.74, 6) is -1.11. The van der Waals surface area contributed by atoms with Crippen LogP contribution in [0.4, 0.5) is 5.69 Å². The summed E-state index contributed by atoms with van der Waals surface area (Å²) in [4.78, 5) is 52.7. The van der Waals surface area contributed by atoms with Gasteiger partial charge in [0, 0.05) is 12.1 Å². The monoisotopic (exact) mass is 438 g/mol. The maximum atomic E-state index is 13.3. The number of fused-ring (bicyclic) bond motifs is 1. The first-order chi connectivity index (χ1) is 15.3. The number of anilines is 1. The van der Waals surface area contributed by atoms with Crippen LogP contribution >= 0.6 is 0 Å². The number of ether oxygens (including phenoxy) is 2. The predicted molar refractivity (Wildman–Crippen MR) is 117 cm³/mol. The molecule has 1 unspecified atom stereocenters. The van der Waals surface area contributed by atoms with Gasteiger partial charge in [-0.1, -0.05) is 30.3 Å². The molecule has 0 fully saturated rings. The highest BCUT2D eigenvalue weighted by atomic mass is 16.5. The Kier molecular flexibility index (Phi) is 7.25. The molecule has 0 saturated heterocycles. The summed E-state index contributed by atoms with van der Waals surface area (Å²) in [7, 11) is 0. The minimum absolute atomic E-state index is 0.168. The van der Waals surface area contributed by atoms with E-state index in [4.69, 9.17) is 9.47 Å². The summed E-state index contributed by atoms with van der Waals surface area (Å²) in [6, 6.07) is 14.0. The van der Waals surface area contributed by atoms with Crippen molar-refractivity contribution in [2.45, 2.75) is 33.4 Å². The van der Waals surface area contributed by atoms with Gasteiger partial charge in [-0.3, -0.25) is 24.1 Å². The van der Waals surface area contributed by atoms with Gasteiger partial charge in [-0.05, 0) is 44.5 Å². The number of nitrogens with zero attached hydrogens (tertiary/aromatic N) is 2. The summed E-state index contributed by atoms with van der Waals surface area (Å²) in [5, 5.41) is 0. The number of ketones is 1. The molecule has 32 heavy (non-hydrogen) atoms. The Bertz CT molecular complexity index is 1020. The van der Waals surface area contributed by atoms with Crippen molar-refractivity contribution in [2.24, 2.45) is 0 Å². The number of carbonyl (C=O) groups is 4. The number of hydrogen-bond donors (Lipinski definition) is 0. The van der Waals surface area contributed by atoms with Gasteiger partial charge in [0.2, 0.25) is 5.91 Å². The van der Waals surface area contributed by atoms with E-state index in [2.05, 4.69) is 0 Å². The lowest BCUT2D eigenvalue weighted by Crippen LogP contribution is -2.50. The van der Waals surface area contributed by atoms with Gasteiger partial charge in [0.05, 0.1) is 12.3 Å². The molecule has 1 atom stereocenters. The number of hydrogen-bond acceptors (Lipinski definition) is 6. The van der Waals surface area contributed by atoms with Crippen molar-refractivity contribution in [3.05, 3.63) is 59.7 Å². The molecule has 1 aliphatic rings. The molecule has 8 heteroatoms. The van der Waals surface area contributed by atoms with Crippen LogP contribution in [0.1, 0.15) is 36.7 Å². The molecule has 0 aliphatic carbocycles. The zero-order valence-electron chi connectivity index (χ0n) is 18.4. The summed E-state index contributed by atoms with van der Waals surface area (Å²) in [6.07, 6.45) is -0.786. The summed E-state index contributed by atoms with van der Waals surface area (Å²) < 4.78 is 10.7. The van der Waals surface area contributed by atoms with E-state index in [1.807, 2.05) is 30.3 Å². The van der Waals surface area contributed by atoms with E-state index in [0.29, 0.717) is 17.0 Å². The molecule has 1 heterocycles. The first-order valence-electron chi connectivity index (χ1n) is 10.4. The molecule has 2 aromatic rings. The highest BCUT2D eigenvalue weighted by molar-refractivity contribution is 6.05. The van der Waals surface area contributed by atoms with Crippen LogP contribution in [0.5, 0.6) is 5.75 Å². The van der Waals surface area contributed by atoms with Crippen LogP contribution in [0.3, 0.4) is 0 Å². The summed E-state index contributed by atoms with van der Waals surface area (Å²) >= 11 is 0. The van der Waals surface area contributed by atoms with E-state index >= 15 is 0 Å². The average Bonchev–Trinajstić information content (AvgIpc) is 2.77. The molecule has 0 bridgehead atoms. The topological polar surface area (TPSA) is 93.2 Å². The van der Waals surface area contributed by atoms with Crippen LogP contribution in [-0.2, 0) is 25.7 Å². The smallest absolute Gasteiger partial charge is 0.325 e. The van der Waals surface area contributed by atoms with Crippen molar-refractivity contribution in [2.75, 3.05) is 24.6 Å². The van der Waals surface area contributed by atoms with Crippen LogP contribution in [0, 0.1) is 0 Å². The lowest BCUT2D eigenvalue weighted by atomic mass is 10.1. The van der Waals surface area contributed by atoms with Crippen LogP contribution in [-0.4, -0.2) is 54.3 Å². The first-order valence-corrected chi connectivity index (χ1v) is 10.4. The van der Waals surface area contributed by atoms with Crippen molar-refractivity contribution >= 4 is 29.3 Å². The second kappa shape index (κ2) is 10.1. The summed E-state index contributed by atoms with van der Waals surface area (Å²) in [6.45, 7) is 4.57. The molecule has 2 aromatic carbocycles. The van der Waals surface area contributed by atoms with Crippen molar-refractivity contribution in [1.82, 2.24) is 4.90 Å². The average molecular weight is 438 g/mol. The molecule has 3 rings (SSSR count). The Hall–Kier alpha value is -3.68. The highest BCUT2D eigenvalue weighted by Crippen LogP contribution is 2.35. The second-order valence-corrected chi connectivity index (χ2v) is 7.46. The maximum Gasteiger partial charge on any atom is 0.325 e. The highest BCUT2D eigenvalue weighted by Gasteiger charge is 2.34. The minimum Gasteiger partial charge on any atom is -0.479 e. The van der Waals surface area contributed by atoms with E-state index in [9.17, 15) is 19.2 Å². The molecular weight excluding hydrogens is 412 g/mol. The van der Waals surface area contributed by atoms with E-state index in [-0.39, 0.29) is 32.0 Å². The molecular formula is C24H26N2O6. The maximum absolute atomic E-state index is 13.3. The minimum atomic E-state index is -0.786. The van der Waals surface area contributed by atoms with E-state index in [1.165, 1.54) is 16.7 Å². The molecule has 8 nitrogen and oxygen atoms in total. The van der Waals surface area contributed by atoms with Crippen LogP contribution in [0.15, 0.2) is 48.5 Å². The lowest BCUT2D eigenvalue weighted by Gasteiger charge is -2.34. The fraction of sp³-hybridized carbons (Fsp3) is 0.333. The molecule has 0 radical (unpaired) electrons. The fourth-order valence-corrected chi connectivity index (χ4v) is 3.42. The zero-order valence-corrected chi connectivity index (χ0v) is 18.4. The first kappa shape index (κ1) is 23.0. The molecule has 0 spiro atoms. The number of rotatable bonds is 8. The molecule has 0 aromatic heterocycles. The number of carbonyl (C=O) groups excluding carboxylic acids is 4. The molecule has 0 saturated carbocycles. The van der Waals surface area contributed by atoms with Gasteiger partial charge in [-0.15, -0.1) is 0 Å². The largest absolute Gasteiger partial charge is 0.479 e. The normalized spacial score (nSPS) is 14.9. The van der Waals surface area contributed by atoms with Gasteiger partial charge < -0.3 is 14.4 Å². The Morgan fingerprint density at radius 1 is 1.12 bits per heavy atom. The SMILES string of the molecule is CCOC(=O)CN(Cc1ccccc1)C(=O)CN1C(=O)C(C)Oc2ccc(C(C)=O)cc21. The zero-order chi connectivity index (χ0) is 23.3. The van der Waals surface area contributed by atoms with E-state index in [1.54, 1.807) is 32.0 Å². The molecule has 1 aliphatic heterocycles. The van der Waals surface area contributed by atoms with E-state index in [0.717, 1.165) is 5.56 Å². The number of benzene rings is 2. The van der Waals surface area contributed by atoms with Crippen molar-refractivity contribution in [3.63, 3.8) is 0 Å². The van der Waals surface area contributed by atoms with Gasteiger partial charge in [-0.2, -0.15) is 0 Å². The second-order valence-electron chi connectivity index (χ2n) is 7.46. The van der Waals surface area contributed by atoms with Gasteiger partial charge >= 0.3 is 5.97 Å². The predicted octanol–water partition coefficient (Wildman–Crippen LogP) is 2.59. The van der Waals surface area contributed by atoms with Crippen molar-refractivity contribution in [1.29, 1.82) is 0 Å². The van der Waals surface area contributed by atoms with Gasteiger partial charge in [-0.25, -0.2) is 0 Å². The van der Waals surface area contributed by atoms with Crippen molar-refractivity contribution in [3.8, 4) is 5.75 Å². The van der Waals surface area contributed by atoms with Gasteiger partial charge in [0.25, 0.3) is 5.91 Å². The number of amides is 2. The fourth-order valence-electron chi connectivity index (χ4n) is 3.42. The third-order valence-electron chi connectivity index (χ3n) is 5.06. The molecule has 168 valence electrons. The van der Waals surface area contributed by atoms with Crippen molar-refractivity contribution < 1.29 is 28.7 Å². The third kappa shape index (κ3) is 5.32. The van der Waals surface area contributed by atoms with Crippen LogP contribution in [0.25, 0.3) is 0 Å². The standard InChI is InChI=1S/C24H26N2O6/c1-4-31-23(29)15-25(13-18-8-6-5-7-9-18)22(28)14-26-20-12-19(16(2)27)10-11-21(20)32-17(3)24(26)30/h5-12,17H,4,13-15H2,1-3H3. The lowest BCUT2D eigenvalue weighted by molar-refractivity contribution is -0.149. The van der Waals surface area contributed by atoms with Gasteiger partial charge in [0.15, 0.2) is 11.9 Å². The Balaban J connectivity index is 1.88. The molecule has 0 N–H and O–H groups in total. The summed E-state index contributed by atoms with van der Waals surface area (Å²) in [5.41, 5.74) is 1.59. The van der Waals surface area contributed by atoms with E-state index < -0.39 is 23.9 Å². The Morgan fingerprint density at radius 2 is 1.84 bits per heavy atom. The Labute approximate surface area is 186 Å². The van der Waals surface area contributed by atoms with Gasteiger partial charge in [0.1, 0.15) is 18.8 Å². The third-order valence-corrected chi connectivity index (χ3v) is 5.06. The van der Waals surface area contributed by atoms with Crippen LogP contribution in [0.2, 0.25) is 0 Å². The quantitative estimate of drug-likeness (QED) is 0.465. The Morgan fingerprint density at radius 3 is 2.50 bits per heavy atom. The number of esters is 1. The molecule has 2 amide bonds. The van der Waals surface area contributed by atoms with Crippen LogP contribution < -0.4 is 9.64 Å².